The van der Waals surface area contributed by atoms with Crippen LogP contribution in [0.1, 0.15) is 45.2 Å². The van der Waals surface area contributed by atoms with Crippen LogP contribution in [-0.2, 0) is 26.9 Å². The van der Waals surface area contributed by atoms with Crippen LogP contribution in [0.15, 0.2) is 30.3 Å². The SMILES string of the molecule is CC.CC.COC(=O)C(N)Cc1ccc(C2=CCN(S(C)=O)CC2)cc1. The topological polar surface area (TPSA) is 72.6 Å². The van der Waals surface area contributed by atoms with Gasteiger partial charge in [0.1, 0.15) is 6.04 Å². The molecule has 2 N–H and O–H groups in total. The maximum atomic E-state index is 11.4. The highest BCUT2D eigenvalue weighted by molar-refractivity contribution is 7.81. The van der Waals surface area contributed by atoms with Crippen molar-refractivity contribution in [3.8, 4) is 0 Å². The van der Waals surface area contributed by atoms with Gasteiger partial charge in [-0.3, -0.25) is 4.79 Å². The molecule has 0 aliphatic carbocycles. The summed E-state index contributed by atoms with van der Waals surface area (Å²) in [7, 11) is 0.433. The summed E-state index contributed by atoms with van der Waals surface area (Å²) < 4.78 is 18.0. The molecule has 26 heavy (non-hydrogen) atoms. The van der Waals surface area contributed by atoms with Gasteiger partial charge in [0.2, 0.25) is 0 Å². The molecule has 0 radical (unpaired) electrons. The van der Waals surface area contributed by atoms with Gasteiger partial charge >= 0.3 is 5.97 Å². The van der Waals surface area contributed by atoms with Gasteiger partial charge in [0.25, 0.3) is 0 Å². The molecule has 0 bridgehead atoms. The summed E-state index contributed by atoms with van der Waals surface area (Å²) in [5, 5.41) is 0. The predicted molar refractivity (Wildman–Crippen MR) is 111 cm³/mol. The van der Waals surface area contributed by atoms with E-state index >= 15 is 0 Å². The van der Waals surface area contributed by atoms with Crippen LogP contribution in [0.25, 0.3) is 5.57 Å². The molecule has 0 amide bonds. The van der Waals surface area contributed by atoms with Crippen LogP contribution in [0.4, 0.5) is 0 Å². The van der Waals surface area contributed by atoms with E-state index in [1.165, 1.54) is 12.7 Å². The molecule has 2 atom stereocenters. The minimum atomic E-state index is -0.908. The number of benzene rings is 1. The summed E-state index contributed by atoms with van der Waals surface area (Å²) in [6.45, 7) is 9.53. The van der Waals surface area contributed by atoms with Gasteiger partial charge in [-0.1, -0.05) is 58.0 Å². The summed E-state index contributed by atoms with van der Waals surface area (Å²) in [6, 6.07) is 7.44. The largest absolute Gasteiger partial charge is 0.468 e. The highest BCUT2D eigenvalue weighted by Crippen LogP contribution is 2.23. The smallest absolute Gasteiger partial charge is 0.322 e. The maximum Gasteiger partial charge on any atom is 0.322 e. The van der Waals surface area contributed by atoms with E-state index in [0.29, 0.717) is 13.0 Å². The normalized spacial score (nSPS) is 16.0. The number of carbonyl (C=O) groups is 1. The number of methoxy groups -OCH3 is 1. The Balaban J connectivity index is 0.00000146. The van der Waals surface area contributed by atoms with Gasteiger partial charge in [-0.05, 0) is 29.5 Å². The van der Waals surface area contributed by atoms with Gasteiger partial charge in [-0.15, -0.1) is 0 Å². The number of esters is 1. The Hall–Kier alpha value is -1.50. The summed E-state index contributed by atoms with van der Waals surface area (Å²) >= 11 is 0. The van der Waals surface area contributed by atoms with Crippen molar-refractivity contribution >= 4 is 22.5 Å². The van der Waals surface area contributed by atoms with Crippen molar-refractivity contribution in [3.63, 3.8) is 0 Å². The fourth-order valence-corrected chi connectivity index (χ4v) is 3.12. The number of hydrogen-bond acceptors (Lipinski definition) is 4. The fourth-order valence-electron chi connectivity index (χ4n) is 2.49. The van der Waals surface area contributed by atoms with E-state index in [4.69, 9.17) is 5.73 Å². The molecule has 5 nitrogen and oxygen atoms in total. The van der Waals surface area contributed by atoms with Gasteiger partial charge in [0.15, 0.2) is 0 Å². The van der Waals surface area contributed by atoms with E-state index in [0.717, 1.165) is 24.1 Å². The summed E-state index contributed by atoms with van der Waals surface area (Å²) in [6.07, 6.45) is 5.19. The van der Waals surface area contributed by atoms with Gasteiger partial charge < -0.3 is 10.5 Å². The van der Waals surface area contributed by atoms with Crippen molar-refractivity contribution in [1.29, 1.82) is 0 Å². The van der Waals surface area contributed by atoms with Crippen LogP contribution >= 0.6 is 0 Å². The number of rotatable bonds is 5. The second-order valence-electron chi connectivity index (χ2n) is 5.32. The van der Waals surface area contributed by atoms with E-state index in [1.807, 2.05) is 56.3 Å². The molecule has 148 valence electrons. The zero-order valence-corrected chi connectivity index (χ0v) is 17.8. The van der Waals surface area contributed by atoms with Crippen molar-refractivity contribution in [3.05, 3.63) is 41.5 Å². The summed E-state index contributed by atoms with van der Waals surface area (Å²) in [5.41, 5.74) is 9.21. The number of nitrogens with two attached hydrogens (primary N) is 1. The predicted octanol–water partition coefficient (Wildman–Crippen LogP) is 3.16. The Labute approximate surface area is 161 Å². The van der Waals surface area contributed by atoms with Gasteiger partial charge in [0, 0.05) is 19.3 Å². The molecule has 1 aromatic carbocycles. The molecule has 6 heteroatoms. The molecule has 2 unspecified atom stereocenters. The van der Waals surface area contributed by atoms with Crippen molar-refractivity contribution in [1.82, 2.24) is 4.31 Å². The number of carbonyl (C=O) groups excluding carboxylic acids is 1. The minimum absolute atomic E-state index is 0.397. The first-order valence-electron chi connectivity index (χ1n) is 9.21. The molecule has 1 aromatic rings. The van der Waals surface area contributed by atoms with Crippen LogP contribution in [0, 0.1) is 0 Å². The monoisotopic (exact) mass is 382 g/mol. The lowest BCUT2D eigenvalue weighted by molar-refractivity contribution is -0.142. The third kappa shape index (κ3) is 7.81. The zero-order chi connectivity index (χ0) is 20.1. The van der Waals surface area contributed by atoms with Crippen LogP contribution in [0.5, 0.6) is 0 Å². The van der Waals surface area contributed by atoms with Crippen LogP contribution in [0.2, 0.25) is 0 Å². The number of ether oxygens (including phenoxy) is 1. The minimum Gasteiger partial charge on any atom is -0.468 e. The molecule has 0 aromatic heterocycles. The molecule has 0 spiro atoms. The lowest BCUT2D eigenvalue weighted by Crippen LogP contribution is -2.33. The van der Waals surface area contributed by atoms with E-state index in [2.05, 4.69) is 10.8 Å². The summed E-state index contributed by atoms with van der Waals surface area (Å²) in [4.78, 5) is 11.3. The molecule has 1 aliphatic heterocycles. The number of hydrogen-bond donors (Lipinski definition) is 1. The average Bonchev–Trinajstić information content (AvgIpc) is 2.71. The first-order valence-corrected chi connectivity index (χ1v) is 10.7. The van der Waals surface area contributed by atoms with Gasteiger partial charge in [0.05, 0.1) is 18.1 Å². The van der Waals surface area contributed by atoms with Crippen molar-refractivity contribution in [2.24, 2.45) is 5.73 Å². The molecular weight excluding hydrogens is 348 g/mol. The van der Waals surface area contributed by atoms with E-state index in [-0.39, 0.29) is 0 Å². The Morgan fingerprint density at radius 1 is 1.23 bits per heavy atom. The van der Waals surface area contributed by atoms with Crippen LogP contribution in [0.3, 0.4) is 0 Å². The van der Waals surface area contributed by atoms with E-state index < -0.39 is 23.0 Å². The van der Waals surface area contributed by atoms with Gasteiger partial charge in [-0.25, -0.2) is 8.51 Å². The average molecular weight is 383 g/mol. The molecule has 0 saturated heterocycles. The molecule has 0 saturated carbocycles. The van der Waals surface area contributed by atoms with Crippen molar-refractivity contribution in [2.45, 2.75) is 46.6 Å². The summed E-state index contributed by atoms with van der Waals surface area (Å²) in [5.74, 6) is -0.397. The Morgan fingerprint density at radius 2 is 1.81 bits per heavy atom. The maximum absolute atomic E-state index is 11.4. The lowest BCUT2D eigenvalue weighted by Gasteiger charge is -2.23. The molecule has 1 aliphatic rings. The third-order valence-electron chi connectivity index (χ3n) is 3.82. The van der Waals surface area contributed by atoms with E-state index in [9.17, 15) is 9.00 Å². The Bertz CT molecular complexity index is 585. The van der Waals surface area contributed by atoms with Crippen LogP contribution < -0.4 is 5.73 Å². The highest BCUT2D eigenvalue weighted by Gasteiger charge is 2.16. The quantitative estimate of drug-likeness (QED) is 0.794. The van der Waals surface area contributed by atoms with Gasteiger partial charge in [-0.2, -0.15) is 0 Å². The lowest BCUT2D eigenvalue weighted by atomic mass is 9.97. The third-order valence-corrected chi connectivity index (χ3v) is 4.88. The zero-order valence-electron chi connectivity index (χ0n) is 17.0. The fraction of sp³-hybridized carbons (Fsp3) is 0.550. The highest BCUT2D eigenvalue weighted by atomic mass is 32.2. The van der Waals surface area contributed by atoms with Crippen molar-refractivity contribution in [2.75, 3.05) is 26.5 Å². The molecule has 0 fully saturated rings. The molecule has 2 rings (SSSR count). The van der Waals surface area contributed by atoms with Crippen molar-refractivity contribution < 1.29 is 13.7 Å². The molecule has 1 heterocycles. The standard InChI is InChI=1S/C16H22N2O3S.2C2H6/c1-21-16(19)15(17)11-12-3-5-13(6-4-12)14-7-9-18(10-8-14)22(2)20;2*1-2/h3-7,15H,8-11,17H2,1-2H3;2*1-2H3. The number of nitrogens with zero attached hydrogens (tertiary/aromatic N) is 1. The van der Waals surface area contributed by atoms with Crippen LogP contribution in [-0.4, -0.2) is 47.0 Å². The van der Waals surface area contributed by atoms with E-state index in [1.54, 1.807) is 6.26 Å². The second kappa shape index (κ2) is 13.7. The first kappa shape index (κ1) is 24.5. The molecular formula is C20H34N2O3S. The second-order valence-corrected chi connectivity index (χ2v) is 6.69. The Kier molecular flexibility index (Phi) is 12.9. The Morgan fingerprint density at radius 3 is 2.23 bits per heavy atom. The first-order chi connectivity index (χ1) is 12.5.